The first-order chi connectivity index (χ1) is 10.3. The van der Waals surface area contributed by atoms with Crippen molar-refractivity contribution < 1.29 is 9.32 Å². The maximum absolute atomic E-state index is 12.6. The zero-order valence-corrected chi connectivity index (χ0v) is 12.3. The third-order valence-electron chi connectivity index (χ3n) is 3.97. The first kappa shape index (κ1) is 13.9. The van der Waals surface area contributed by atoms with Gasteiger partial charge in [-0.1, -0.05) is 35.5 Å². The van der Waals surface area contributed by atoms with E-state index >= 15 is 0 Å². The molecule has 1 aliphatic rings. The number of aromatic nitrogens is 1. The van der Waals surface area contributed by atoms with E-state index in [1.165, 1.54) is 11.8 Å². The minimum atomic E-state index is 0.0385. The van der Waals surface area contributed by atoms with Crippen molar-refractivity contribution in [3.05, 3.63) is 53.4 Å². The predicted molar refractivity (Wildman–Crippen MR) is 80.2 cm³/mol. The molecule has 110 valence electrons. The number of hydrogen-bond donors (Lipinski definition) is 0. The van der Waals surface area contributed by atoms with E-state index in [0.717, 1.165) is 25.0 Å². The Labute approximate surface area is 124 Å². The summed E-state index contributed by atoms with van der Waals surface area (Å²) in [5, 5.41) is 4.01. The number of amides is 1. The van der Waals surface area contributed by atoms with E-state index in [1.54, 1.807) is 0 Å². The Morgan fingerprint density at radius 2 is 2.10 bits per heavy atom. The van der Waals surface area contributed by atoms with Crippen LogP contribution in [-0.2, 0) is 6.42 Å². The lowest BCUT2D eigenvalue weighted by atomic mass is 10.1. The maximum atomic E-state index is 12.6. The van der Waals surface area contributed by atoms with Gasteiger partial charge in [-0.2, -0.15) is 0 Å². The summed E-state index contributed by atoms with van der Waals surface area (Å²) in [6, 6.07) is 10.2. The second-order valence-corrected chi connectivity index (χ2v) is 5.51. The van der Waals surface area contributed by atoms with Crippen molar-refractivity contribution in [1.29, 1.82) is 0 Å². The SMILES string of the molecule is CCN(CCc1ccccc1)C(=O)c1conc1C1CC1. The van der Waals surface area contributed by atoms with Crippen LogP contribution in [0.3, 0.4) is 0 Å². The van der Waals surface area contributed by atoms with Gasteiger partial charge >= 0.3 is 0 Å². The van der Waals surface area contributed by atoms with Crippen LogP contribution in [0.1, 0.15) is 47.3 Å². The number of rotatable bonds is 6. The highest BCUT2D eigenvalue weighted by atomic mass is 16.5. The largest absolute Gasteiger partial charge is 0.364 e. The Balaban J connectivity index is 1.67. The lowest BCUT2D eigenvalue weighted by Gasteiger charge is -2.20. The van der Waals surface area contributed by atoms with E-state index in [-0.39, 0.29) is 5.91 Å². The molecule has 0 spiro atoms. The molecule has 1 saturated carbocycles. The Bertz CT molecular complexity index is 602. The number of hydrogen-bond acceptors (Lipinski definition) is 3. The van der Waals surface area contributed by atoms with Gasteiger partial charge in [0.05, 0.1) is 5.69 Å². The van der Waals surface area contributed by atoms with Crippen molar-refractivity contribution in [3.63, 3.8) is 0 Å². The topological polar surface area (TPSA) is 46.3 Å². The molecule has 0 bridgehead atoms. The predicted octanol–water partition coefficient (Wildman–Crippen LogP) is 3.26. The number of nitrogens with zero attached hydrogens (tertiary/aromatic N) is 2. The van der Waals surface area contributed by atoms with E-state index < -0.39 is 0 Å². The molecule has 21 heavy (non-hydrogen) atoms. The molecule has 1 amide bonds. The van der Waals surface area contributed by atoms with Crippen LogP contribution < -0.4 is 0 Å². The Kier molecular flexibility index (Phi) is 4.04. The van der Waals surface area contributed by atoms with Gasteiger partial charge in [0.1, 0.15) is 11.8 Å². The molecule has 0 radical (unpaired) electrons. The van der Waals surface area contributed by atoms with Crippen LogP contribution in [0.2, 0.25) is 0 Å². The van der Waals surface area contributed by atoms with Crippen LogP contribution in [0.25, 0.3) is 0 Å². The highest BCUT2D eigenvalue weighted by Gasteiger charge is 2.32. The molecule has 1 heterocycles. The molecule has 1 aliphatic carbocycles. The van der Waals surface area contributed by atoms with Crippen LogP contribution >= 0.6 is 0 Å². The summed E-state index contributed by atoms with van der Waals surface area (Å²) in [7, 11) is 0. The Morgan fingerprint density at radius 3 is 2.76 bits per heavy atom. The highest BCUT2D eigenvalue weighted by molar-refractivity contribution is 5.95. The van der Waals surface area contributed by atoms with Gasteiger partial charge < -0.3 is 9.42 Å². The minimum Gasteiger partial charge on any atom is -0.364 e. The second kappa shape index (κ2) is 6.12. The lowest BCUT2D eigenvalue weighted by Crippen LogP contribution is -2.33. The molecule has 1 aromatic carbocycles. The summed E-state index contributed by atoms with van der Waals surface area (Å²) in [5.41, 5.74) is 2.74. The Hall–Kier alpha value is -2.10. The maximum Gasteiger partial charge on any atom is 0.259 e. The van der Waals surface area contributed by atoms with Gasteiger partial charge in [-0.05, 0) is 31.7 Å². The summed E-state index contributed by atoms with van der Waals surface area (Å²) < 4.78 is 5.03. The smallest absolute Gasteiger partial charge is 0.259 e. The summed E-state index contributed by atoms with van der Waals surface area (Å²) in [5.74, 6) is 0.465. The van der Waals surface area contributed by atoms with Gasteiger partial charge in [0, 0.05) is 19.0 Å². The molecule has 0 aliphatic heterocycles. The van der Waals surface area contributed by atoms with E-state index in [0.29, 0.717) is 24.6 Å². The zero-order valence-electron chi connectivity index (χ0n) is 12.3. The van der Waals surface area contributed by atoms with Gasteiger partial charge in [-0.25, -0.2) is 0 Å². The Morgan fingerprint density at radius 1 is 1.33 bits per heavy atom. The van der Waals surface area contributed by atoms with E-state index in [4.69, 9.17) is 4.52 Å². The van der Waals surface area contributed by atoms with E-state index in [1.807, 2.05) is 30.0 Å². The molecule has 0 atom stereocenters. The molecule has 0 unspecified atom stereocenters. The first-order valence-electron chi connectivity index (χ1n) is 7.57. The van der Waals surface area contributed by atoms with Crippen molar-refractivity contribution >= 4 is 5.91 Å². The van der Waals surface area contributed by atoms with Gasteiger partial charge in [0.15, 0.2) is 0 Å². The summed E-state index contributed by atoms with van der Waals surface area (Å²) >= 11 is 0. The number of carbonyl (C=O) groups is 1. The van der Waals surface area contributed by atoms with Crippen LogP contribution in [0.5, 0.6) is 0 Å². The molecule has 4 heteroatoms. The number of benzene rings is 1. The van der Waals surface area contributed by atoms with Crippen LogP contribution in [-0.4, -0.2) is 29.1 Å². The fraction of sp³-hybridized carbons (Fsp3) is 0.412. The van der Waals surface area contributed by atoms with Crippen molar-refractivity contribution in [2.45, 2.75) is 32.1 Å². The zero-order chi connectivity index (χ0) is 14.7. The normalized spacial score (nSPS) is 14.1. The van der Waals surface area contributed by atoms with Crippen LogP contribution in [0.15, 0.2) is 41.1 Å². The number of carbonyl (C=O) groups excluding carboxylic acids is 1. The molecule has 0 N–H and O–H groups in total. The van der Waals surface area contributed by atoms with Crippen LogP contribution in [0, 0.1) is 0 Å². The molecular formula is C17H20N2O2. The second-order valence-electron chi connectivity index (χ2n) is 5.51. The summed E-state index contributed by atoms with van der Waals surface area (Å²) in [6.07, 6.45) is 4.59. The third-order valence-corrected chi connectivity index (χ3v) is 3.97. The molecule has 1 fully saturated rings. The van der Waals surface area contributed by atoms with E-state index in [9.17, 15) is 4.79 Å². The fourth-order valence-electron chi connectivity index (χ4n) is 2.54. The summed E-state index contributed by atoms with van der Waals surface area (Å²) in [6.45, 7) is 3.42. The molecule has 1 aromatic heterocycles. The van der Waals surface area contributed by atoms with Gasteiger partial charge in [-0.3, -0.25) is 4.79 Å². The molecular weight excluding hydrogens is 264 g/mol. The van der Waals surface area contributed by atoms with Gasteiger partial charge in [-0.15, -0.1) is 0 Å². The van der Waals surface area contributed by atoms with Gasteiger partial charge in [0.25, 0.3) is 5.91 Å². The fourth-order valence-corrected chi connectivity index (χ4v) is 2.54. The van der Waals surface area contributed by atoms with Crippen molar-refractivity contribution in [2.75, 3.05) is 13.1 Å². The van der Waals surface area contributed by atoms with Crippen LogP contribution in [0.4, 0.5) is 0 Å². The molecule has 0 saturated heterocycles. The third kappa shape index (κ3) is 3.15. The van der Waals surface area contributed by atoms with Crippen molar-refractivity contribution in [3.8, 4) is 0 Å². The molecule has 2 aromatic rings. The standard InChI is InChI=1S/C17H20N2O2/c1-2-19(11-10-13-6-4-3-5-7-13)17(20)15-12-21-18-16(15)14-8-9-14/h3-7,12,14H,2,8-11H2,1H3. The summed E-state index contributed by atoms with van der Waals surface area (Å²) in [4.78, 5) is 14.5. The van der Waals surface area contributed by atoms with Crippen molar-refractivity contribution in [1.82, 2.24) is 10.1 Å². The highest BCUT2D eigenvalue weighted by Crippen LogP contribution is 2.41. The average Bonchev–Trinajstić information content (AvgIpc) is 3.25. The quantitative estimate of drug-likeness (QED) is 0.818. The van der Waals surface area contributed by atoms with Crippen molar-refractivity contribution in [2.24, 2.45) is 0 Å². The monoisotopic (exact) mass is 284 g/mol. The lowest BCUT2D eigenvalue weighted by molar-refractivity contribution is 0.0764. The van der Waals surface area contributed by atoms with Gasteiger partial charge in [0.2, 0.25) is 0 Å². The van der Waals surface area contributed by atoms with E-state index in [2.05, 4.69) is 17.3 Å². The average molecular weight is 284 g/mol. The minimum absolute atomic E-state index is 0.0385. The molecule has 4 nitrogen and oxygen atoms in total. The number of likely N-dealkylation sites (N-methyl/N-ethyl adjacent to an activating group) is 1. The molecule has 3 rings (SSSR count). The first-order valence-corrected chi connectivity index (χ1v) is 7.57.